The summed E-state index contributed by atoms with van der Waals surface area (Å²) in [5.74, 6) is 2.62. The zero-order valence-corrected chi connectivity index (χ0v) is 22.3. The number of hydrogen-bond donors (Lipinski definition) is 2. The molecule has 1 saturated heterocycles. The highest BCUT2D eigenvalue weighted by Gasteiger charge is 2.32. The predicted molar refractivity (Wildman–Crippen MR) is 144 cm³/mol. The number of ether oxygens (including phenoxy) is 2. The zero-order valence-electron chi connectivity index (χ0n) is 22.3. The van der Waals surface area contributed by atoms with Gasteiger partial charge in [-0.15, -0.1) is 0 Å². The molecule has 4 heterocycles. The Morgan fingerprint density at radius 1 is 1.08 bits per heavy atom. The molecule has 1 aromatic carbocycles. The summed E-state index contributed by atoms with van der Waals surface area (Å²) in [6.07, 6.45) is 6.87. The van der Waals surface area contributed by atoms with Gasteiger partial charge in [-0.3, -0.25) is 9.36 Å². The lowest BCUT2D eigenvalue weighted by molar-refractivity contribution is -0.121. The van der Waals surface area contributed by atoms with E-state index < -0.39 is 0 Å². The van der Waals surface area contributed by atoms with Crippen LogP contribution in [0.1, 0.15) is 31.0 Å². The van der Waals surface area contributed by atoms with Gasteiger partial charge in [-0.05, 0) is 37.5 Å². The molecule has 2 aromatic heterocycles. The Labute approximate surface area is 227 Å². The molecule has 39 heavy (non-hydrogen) atoms. The number of nitrogens with one attached hydrogen (secondary N) is 2. The number of carbonyl (C=O) groups is 2. The van der Waals surface area contributed by atoms with Gasteiger partial charge >= 0.3 is 6.03 Å². The number of aromatic nitrogens is 4. The second-order valence-electron chi connectivity index (χ2n) is 9.65. The van der Waals surface area contributed by atoms with Crippen LogP contribution in [0.4, 0.5) is 10.6 Å². The van der Waals surface area contributed by atoms with E-state index in [0.29, 0.717) is 45.1 Å². The topological polar surface area (TPSA) is 127 Å². The molecule has 0 radical (unpaired) electrons. The Balaban J connectivity index is 1.27. The molecular weight excluding hydrogens is 500 g/mol. The van der Waals surface area contributed by atoms with Gasteiger partial charge in [0.05, 0.1) is 6.04 Å². The molecule has 2 aliphatic rings. The van der Waals surface area contributed by atoms with Gasteiger partial charge in [0.25, 0.3) is 0 Å². The maximum atomic E-state index is 13.1. The quantitative estimate of drug-likeness (QED) is 0.427. The molecule has 1 unspecified atom stereocenters. The Kier molecular flexibility index (Phi) is 8.09. The van der Waals surface area contributed by atoms with Crippen LogP contribution in [-0.4, -0.2) is 81.9 Å². The average molecular weight is 535 g/mol. The van der Waals surface area contributed by atoms with E-state index in [1.165, 1.54) is 0 Å². The number of amides is 3. The third kappa shape index (κ3) is 6.39. The van der Waals surface area contributed by atoms with Gasteiger partial charge in [0.1, 0.15) is 12.1 Å². The van der Waals surface area contributed by atoms with E-state index in [1.54, 1.807) is 28.2 Å². The second kappa shape index (κ2) is 12.0. The minimum Gasteiger partial charge on any atom is -0.454 e. The van der Waals surface area contributed by atoms with Crippen molar-refractivity contribution in [1.29, 1.82) is 0 Å². The van der Waals surface area contributed by atoms with Crippen LogP contribution in [-0.2, 0) is 11.2 Å². The standard InChI is InChI=1S/C27H34N8O4/c1-3-7-30-27(37)33-11-12-35(24-13-19(2)31-26(32-24)34-10-9-28-17-34)21(16-33)15-25(36)29-8-6-20-4-5-22-23(14-20)39-18-38-22/h4-5,9-10,13-14,17,21H,3,6-8,11-12,15-16,18H2,1-2H3,(H,29,36)(H,30,37). The van der Waals surface area contributed by atoms with Crippen LogP contribution in [0.5, 0.6) is 11.5 Å². The minimum atomic E-state index is -0.249. The van der Waals surface area contributed by atoms with Gasteiger partial charge < -0.3 is 29.9 Å². The number of fused-ring (bicyclic) bond motifs is 1. The fraction of sp³-hybridized carbons (Fsp3) is 0.444. The van der Waals surface area contributed by atoms with Crippen molar-refractivity contribution in [1.82, 2.24) is 35.1 Å². The smallest absolute Gasteiger partial charge is 0.317 e. The van der Waals surface area contributed by atoms with Crippen LogP contribution in [0, 0.1) is 6.92 Å². The van der Waals surface area contributed by atoms with Crippen LogP contribution in [0.25, 0.3) is 5.95 Å². The maximum Gasteiger partial charge on any atom is 0.317 e. The fourth-order valence-corrected chi connectivity index (χ4v) is 4.77. The van der Waals surface area contributed by atoms with E-state index in [4.69, 9.17) is 14.5 Å². The lowest BCUT2D eigenvalue weighted by atomic mass is 10.1. The van der Waals surface area contributed by atoms with Crippen LogP contribution < -0.4 is 25.0 Å². The van der Waals surface area contributed by atoms with Crippen LogP contribution in [0.2, 0.25) is 0 Å². The summed E-state index contributed by atoms with van der Waals surface area (Å²) in [5, 5.41) is 5.99. The first kappa shape index (κ1) is 26.3. The van der Waals surface area contributed by atoms with Gasteiger partial charge in [-0.2, -0.15) is 4.98 Å². The Bertz CT molecular complexity index is 1300. The van der Waals surface area contributed by atoms with Crippen LogP contribution in [0.3, 0.4) is 0 Å². The van der Waals surface area contributed by atoms with Gasteiger partial charge in [0, 0.05) is 63.3 Å². The number of piperazine rings is 1. The molecular formula is C27H34N8O4. The molecule has 1 atom stereocenters. The molecule has 0 spiro atoms. The van der Waals surface area contributed by atoms with Crippen molar-refractivity contribution < 1.29 is 19.1 Å². The van der Waals surface area contributed by atoms with Crippen molar-refractivity contribution in [3.63, 3.8) is 0 Å². The van der Waals surface area contributed by atoms with Crippen molar-refractivity contribution >= 4 is 17.8 Å². The zero-order chi connectivity index (χ0) is 27.2. The lowest BCUT2D eigenvalue weighted by Crippen LogP contribution is -2.58. The fourth-order valence-electron chi connectivity index (χ4n) is 4.77. The largest absolute Gasteiger partial charge is 0.454 e. The third-order valence-corrected chi connectivity index (χ3v) is 6.75. The summed E-state index contributed by atoms with van der Waals surface area (Å²) in [6.45, 7) is 6.76. The summed E-state index contributed by atoms with van der Waals surface area (Å²) in [7, 11) is 0. The van der Waals surface area contributed by atoms with E-state index in [0.717, 1.165) is 35.0 Å². The molecule has 2 aliphatic heterocycles. The molecule has 0 bridgehead atoms. The normalized spacial score (nSPS) is 16.3. The average Bonchev–Trinajstić information content (AvgIpc) is 3.64. The van der Waals surface area contributed by atoms with Gasteiger partial charge in [-0.1, -0.05) is 13.0 Å². The monoisotopic (exact) mass is 534 g/mol. The van der Waals surface area contributed by atoms with E-state index in [-0.39, 0.29) is 31.2 Å². The van der Waals surface area contributed by atoms with Crippen molar-refractivity contribution in [2.45, 2.75) is 39.2 Å². The SMILES string of the molecule is CCCNC(=O)N1CCN(c2cc(C)nc(-n3ccnc3)n2)C(CC(=O)NCCc2ccc3c(c2)OCO3)C1. The molecule has 3 aromatic rings. The number of imidazole rings is 1. The summed E-state index contributed by atoms with van der Waals surface area (Å²) in [6, 6.07) is 7.37. The van der Waals surface area contributed by atoms with Gasteiger partial charge in [0.2, 0.25) is 18.6 Å². The molecule has 5 rings (SSSR count). The molecule has 3 amide bonds. The summed E-state index contributed by atoms with van der Waals surface area (Å²) >= 11 is 0. The van der Waals surface area contributed by atoms with Crippen molar-refractivity contribution in [2.24, 2.45) is 0 Å². The van der Waals surface area contributed by atoms with Crippen LogP contribution >= 0.6 is 0 Å². The first-order chi connectivity index (χ1) is 19.0. The molecule has 206 valence electrons. The maximum absolute atomic E-state index is 13.1. The number of rotatable bonds is 9. The Morgan fingerprint density at radius 3 is 2.77 bits per heavy atom. The summed E-state index contributed by atoms with van der Waals surface area (Å²) < 4.78 is 12.6. The van der Waals surface area contributed by atoms with Crippen molar-refractivity contribution in [2.75, 3.05) is 44.4 Å². The molecule has 12 heteroatoms. The molecule has 1 fully saturated rings. The predicted octanol–water partition coefficient (Wildman–Crippen LogP) is 2.06. The number of nitrogens with zero attached hydrogens (tertiary/aromatic N) is 6. The third-order valence-electron chi connectivity index (χ3n) is 6.75. The first-order valence-corrected chi connectivity index (χ1v) is 13.3. The summed E-state index contributed by atoms with van der Waals surface area (Å²) in [4.78, 5) is 43.1. The second-order valence-corrected chi connectivity index (χ2v) is 9.65. The van der Waals surface area contributed by atoms with Crippen LogP contribution in [0.15, 0.2) is 43.0 Å². The first-order valence-electron chi connectivity index (χ1n) is 13.3. The van der Waals surface area contributed by atoms with Crippen molar-refractivity contribution in [3.8, 4) is 17.4 Å². The molecule has 0 saturated carbocycles. The number of urea groups is 1. The number of aryl methyl sites for hydroxylation is 1. The van der Waals surface area contributed by atoms with Gasteiger partial charge in [-0.25, -0.2) is 14.8 Å². The lowest BCUT2D eigenvalue weighted by Gasteiger charge is -2.42. The van der Waals surface area contributed by atoms with E-state index in [2.05, 4.69) is 25.5 Å². The molecule has 12 nitrogen and oxygen atoms in total. The Hall–Kier alpha value is -4.35. The Morgan fingerprint density at radius 2 is 1.95 bits per heavy atom. The minimum absolute atomic E-state index is 0.0813. The number of benzene rings is 1. The highest BCUT2D eigenvalue weighted by molar-refractivity contribution is 5.78. The highest BCUT2D eigenvalue weighted by Crippen LogP contribution is 2.32. The van der Waals surface area contributed by atoms with Crippen molar-refractivity contribution in [3.05, 3.63) is 54.2 Å². The van der Waals surface area contributed by atoms with Gasteiger partial charge in [0.15, 0.2) is 11.5 Å². The summed E-state index contributed by atoms with van der Waals surface area (Å²) in [5.41, 5.74) is 1.86. The van der Waals surface area contributed by atoms with E-state index in [1.807, 2.05) is 38.1 Å². The van der Waals surface area contributed by atoms with E-state index in [9.17, 15) is 9.59 Å². The highest BCUT2D eigenvalue weighted by atomic mass is 16.7. The number of carbonyl (C=O) groups excluding carboxylic acids is 2. The molecule has 2 N–H and O–H groups in total. The molecule has 0 aliphatic carbocycles. The number of anilines is 1. The van der Waals surface area contributed by atoms with E-state index >= 15 is 0 Å². The number of hydrogen-bond acceptors (Lipinski definition) is 8.